The summed E-state index contributed by atoms with van der Waals surface area (Å²) in [4.78, 5) is 0. The Labute approximate surface area is 158 Å². The van der Waals surface area contributed by atoms with E-state index in [9.17, 15) is 17.6 Å². The van der Waals surface area contributed by atoms with Gasteiger partial charge in [-0.25, -0.2) is 4.39 Å². The Balaban J connectivity index is 1.70. The average molecular weight is 393 g/mol. The Morgan fingerprint density at radius 3 is 2.19 bits per heavy atom. The van der Waals surface area contributed by atoms with Gasteiger partial charge in [0.25, 0.3) is 0 Å². The molecule has 0 aliphatic carbocycles. The van der Waals surface area contributed by atoms with Crippen LogP contribution in [0.3, 0.4) is 0 Å². The van der Waals surface area contributed by atoms with Crippen LogP contribution >= 0.6 is 0 Å². The highest BCUT2D eigenvalue weighted by molar-refractivity contribution is 6.64. The zero-order valence-electron chi connectivity index (χ0n) is 15.0. The fourth-order valence-electron chi connectivity index (χ4n) is 3.56. The molecular formula is C21H21F4OSi. The van der Waals surface area contributed by atoms with Crippen LogP contribution in [0.5, 0.6) is 5.75 Å². The van der Waals surface area contributed by atoms with E-state index in [-0.39, 0.29) is 8.80 Å². The van der Waals surface area contributed by atoms with Crippen LogP contribution in [0.1, 0.15) is 31.2 Å². The van der Waals surface area contributed by atoms with Gasteiger partial charge in [0.15, 0.2) is 11.6 Å². The maximum atomic E-state index is 13.9. The molecule has 0 bridgehead atoms. The lowest BCUT2D eigenvalue weighted by Gasteiger charge is -2.26. The van der Waals surface area contributed by atoms with Crippen LogP contribution in [0, 0.1) is 5.82 Å². The predicted octanol–water partition coefficient (Wildman–Crippen LogP) is 6.88. The quantitative estimate of drug-likeness (QED) is 0.406. The van der Waals surface area contributed by atoms with Crippen molar-refractivity contribution in [2.75, 3.05) is 0 Å². The smallest absolute Gasteiger partial charge is 0.403 e. The van der Waals surface area contributed by atoms with E-state index in [0.717, 1.165) is 17.7 Å². The summed E-state index contributed by atoms with van der Waals surface area (Å²) >= 11 is 0. The Morgan fingerprint density at radius 2 is 1.63 bits per heavy atom. The van der Waals surface area contributed by atoms with E-state index in [2.05, 4.69) is 23.4 Å². The Bertz CT molecular complexity index is 791. The topological polar surface area (TPSA) is 9.23 Å². The summed E-state index contributed by atoms with van der Waals surface area (Å²) in [6.45, 7) is 2.08. The molecule has 2 aromatic rings. The van der Waals surface area contributed by atoms with Gasteiger partial charge in [-0.3, -0.25) is 0 Å². The molecule has 1 aliphatic heterocycles. The summed E-state index contributed by atoms with van der Waals surface area (Å²) < 4.78 is 54.3. The molecule has 0 atom stereocenters. The van der Waals surface area contributed by atoms with Crippen molar-refractivity contribution < 1.29 is 22.3 Å². The van der Waals surface area contributed by atoms with Gasteiger partial charge < -0.3 is 4.74 Å². The normalized spacial score (nSPS) is 16.8. The molecule has 1 fully saturated rings. The van der Waals surface area contributed by atoms with Crippen LogP contribution in [-0.4, -0.2) is 15.2 Å². The van der Waals surface area contributed by atoms with E-state index in [1.165, 1.54) is 36.6 Å². The van der Waals surface area contributed by atoms with Gasteiger partial charge in [-0.1, -0.05) is 48.5 Å². The van der Waals surface area contributed by atoms with Crippen LogP contribution < -0.4 is 4.74 Å². The molecule has 1 saturated heterocycles. The number of allylic oxidation sites excluding steroid dienone is 1. The summed E-state index contributed by atoms with van der Waals surface area (Å²) in [5.74, 6) is -1.29. The second-order valence-electron chi connectivity index (χ2n) is 6.75. The molecule has 3 rings (SSSR count). The summed E-state index contributed by atoms with van der Waals surface area (Å²) in [6.07, 6.45) is -0.363. The third-order valence-corrected chi connectivity index (χ3v) is 7.57. The number of hydrogen-bond donors (Lipinski definition) is 0. The van der Waals surface area contributed by atoms with Gasteiger partial charge in [0.2, 0.25) is 0 Å². The standard InChI is InChI=1S/C21H21F4OSi/c1-2-11-27-12-9-17(10-13-27)15-3-5-16(6-4-15)18-7-8-20(19(22)14-18)26-21(23,24)25/h2-8,11,14,17H,9-10,12-13H2,1H3. The Morgan fingerprint density at radius 1 is 1.00 bits per heavy atom. The molecule has 0 spiro atoms. The van der Waals surface area contributed by atoms with Crippen molar-refractivity contribution in [2.45, 2.75) is 44.1 Å². The second-order valence-corrected chi connectivity index (χ2v) is 9.40. The highest BCUT2D eigenvalue weighted by Gasteiger charge is 2.32. The van der Waals surface area contributed by atoms with E-state index >= 15 is 0 Å². The van der Waals surface area contributed by atoms with Crippen molar-refractivity contribution in [1.29, 1.82) is 0 Å². The van der Waals surface area contributed by atoms with Gasteiger partial charge in [0.05, 0.1) is 8.80 Å². The molecule has 143 valence electrons. The minimum Gasteiger partial charge on any atom is -0.403 e. The molecule has 0 saturated carbocycles. The van der Waals surface area contributed by atoms with Crippen LogP contribution in [0.2, 0.25) is 12.1 Å². The monoisotopic (exact) mass is 393 g/mol. The van der Waals surface area contributed by atoms with Gasteiger partial charge in [0.1, 0.15) is 0 Å². The molecule has 2 aromatic carbocycles. The Hall–Kier alpha value is -2.08. The minimum atomic E-state index is -4.90. The van der Waals surface area contributed by atoms with Gasteiger partial charge in [0, 0.05) is 0 Å². The van der Waals surface area contributed by atoms with Crippen LogP contribution in [0.25, 0.3) is 11.1 Å². The SMILES string of the molecule is CC=C[Si]1CCC(c2ccc(-c3ccc(OC(F)(F)F)c(F)c3)cc2)CC1. The largest absolute Gasteiger partial charge is 0.573 e. The van der Waals surface area contributed by atoms with Gasteiger partial charge in [-0.2, -0.15) is 0 Å². The highest BCUT2D eigenvalue weighted by Crippen LogP contribution is 2.35. The minimum absolute atomic E-state index is 0.325. The highest BCUT2D eigenvalue weighted by atomic mass is 28.3. The molecule has 6 heteroatoms. The molecule has 0 N–H and O–H groups in total. The summed E-state index contributed by atoms with van der Waals surface area (Å²) in [6, 6.07) is 14.0. The van der Waals surface area contributed by atoms with Crippen molar-refractivity contribution in [3.63, 3.8) is 0 Å². The number of benzene rings is 2. The van der Waals surface area contributed by atoms with Crippen LogP contribution in [0.15, 0.2) is 54.2 Å². The van der Waals surface area contributed by atoms with Gasteiger partial charge >= 0.3 is 6.36 Å². The maximum Gasteiger partial charge on any atom is 0.573 e. The third kappa shape index (κ3) is 5.22. The molecular weight excluding hydrogens is 372 g/mol. The van der Waals surface area contributed by atoms with Crippen molar-refractivity contribution in [1.82, 2.24) is 0 Å². The number of rotatable bonds is 4. The lowest BCUT2D eigenvalue weighted by molar-refractivity contribution is -0.275. The first-order valence-electron chi connectivity index (χ1n) is 8.99. The Kier molecular flexibility index (Phi) is 6.04. The van der Waals surface area contributed by atoms with Crippen molar-refractivity contribution in [3.8, 4) is 16.9 Å². The van der Waals surface area contributed by atoms with E-state index in [1.807, 2.05) is 24.3 Å². The fourth-order valence-corrected chi connectivity index (χ4v) is 6.05. The van der Waals surface area contributed by atoms with Crippen LogP contribution in [0.4, 0.5) is 17.6 Å². The number of hydrogen-bond acceptors (Lipinski definition) is 1. The first-order chi connectivity index (χ1) is 12.9. The summed E-state index contributed by atoms with van der Waals surface area (Å²) in [7, 11) is -0.325. The predicted molar refractivity (Wildman–Crippen MR) is 101 cm³/mol. The van der Waals surface area contributed by atoms with Gasteiger partial charge in [-0.05, 0) is 54.5 Å². The number of alkyl halides is 3. The van der Waals surface area contributed by atoms with Crippen molar-refractivity contribution in [2.24, 2.45) is 0 Å². The average Bonchev–Trinajstić information content (AvgIpc) is 2.63. The van der Waals surface area contributed by atoms with Crippen molar-refractivity contribution in [3.05, 3.63) is 65.6 Å². The van der Waals surface area contributed by atoms with Gasteiger partial charge in [-0.15, -0.1) is 18.9 Å². The molecule has 1 radical (unpaired) electrons. The van der Waals surface area contributed by atoms with E-state index in [0.29, 0.717) is 11.5 Å². The zero-order valence-corrected chi connectivity index (χ0v) is 16.0. The van der Waals surface area contributed by atoms with E-state index in [4.69, 9.17) is 0 Å². The van der Waals surface area contributed by atoms with E-state index in [1.54, 1.807) is 0 Å². The van der Waals surface area contributed by atoms with Crippen LogP contribution in [-0.2, 0) is 0 Å². The number of halogens is 4. The van der Waals surface area contributed by atoms with E-state index < -0.39 is 17.9 Å². The summed E-state index contributed by atoms with van der Waals surface area (Å²) in [5, 5.41) is 0. The molecule has 0 unspecified atom stereocenters. The lowest BCUT2D eigenvalue weighted by Crippen LogP contribution is -2.18. The molecule has 1 aliphatic rings. The molecule has 0 amide bonds. The van der Waals surface area contributed by atoms with Crippen molar-refractivity contribution >= 4 is 8.80 Å². The maximum absolute atomic E-state index is 13.9. The third-order valence-electron chi connectivity index (χ3n) is 4.90. The lowest BCUT2D eigenvalue weighted by atomic mass is 9.92. The number of ether oxygens (including phenoxy) is 1. The fraction of sp³-hybridized carbons (Fsp3) is 0.333. The molecule has 27 heavy (non-hydrogen) atoms. The molecule has 1 nitrogen and oxygen atoms in total. The first-order valence-corrected chi connectivity index (χ1v) is 11.0. The molecule has 0 aromatic heterocycles. The first kappa shape index (κ1) is 19.7. The summed E-state index contributed by atoms with van der Waals surface area (Å²) in [5.41, 5.74) is 4.95. The molecule has 1 heterocycles. The zero-order chi connectivity index (χ0) is 19.4. The second kappa shape index (κ2) is 8.29.